The van der Waals surface area contributed by atoms with E-state index < -0.39 is 0 Å². The van der Waals surface area contributed by atoms with Crippen molar-refractivity contribution in [3.05, 3.63) is 35.4 Å². The molecule has 3 rings (SSSR count). The Morgan fingerprint density at radius 3 is 2.78 bits per heavy atom. The van der Waals surface area contributed by atoms with Crippen LogP contribution in [0.2, 0.25) is 0 Å². The summed E-state index contributed by atoms with van der Waals surface area (Å²) in [5, 5.41) is 3.19. The number of ether oxygens (including phenoxy) is 2. The molecule has 0 bridgehead atoms. The molecule has 6 heteroatoms. The summed E-state index contributed by atoms with van der Waals surface area (Å²) >= 11 is 0. The van der Waals surface area contributed by atoms with Crippen LogP contribution >= 0.6 is 0 Å². The Balaban J connectivity index is 1.58. The maximum atomic E-state index is 12.8. The van der Waals surface area contributed by atoms with Crippen molar-refractivity contribution < 1.29 is 14.3 Å². The van der Waals surface area contributed by atoms with Crippen LogP contribution in [0.3, 0.4) is 0 Å². The molecule has 2 heterocycles. The van der Waals surface area contributed by atoms with Crippen LogP contribution in [-0.4, -0.2) is 74.5 Å². The average Bonchev–Trinajstić information content (AvgIpc) is 3.21. The van der Waals surface area contributed by atoms with Crippen LogP contribution in [-0.2, 0) is 16.0 Å². The molecular weight excluding hydrogens is 342 g/mol. The van der Waals surface area contributed by atoms with Crippen molar-refractivity contribution in [1.82, 2.24) is 15.1 Å². The van der Waals surface area contributed by atoms with Gasteiger partial charge in [-0.1, -0.05) is 29.8 Å². The zero-order valence-electron chi connectivity index (χ0n) is 16.7. The van der Waals surface area contributed by atoms with Crippen molar-refractivity contribution in [2.45, 2.75) is 32.9 Å². The van der Waals surface area contributed by atoms with Gasteiger partial charge in [0, 0.05) is 51.3 Å². The number of hydrogen-bond acceptors (Lipinski definition) is 4. The molecule has 2 aliphatic heterocycles. The summed E-state index contributed by atoms with van der Waals surface area (Å²) in [6.45, 7) is 11.1. The molecular formula is C21H33N3O3. The fraction of sp³-hybridized carbons (Fsp3) is 0.667. The zero-order chi connectivity index (χ0) is 19.1. The molecule has 0 aliphatic carbocycles. The van der Waals surface area contributed by atoms with Crippen molar-refractivity contribution in [1.29, 1.82) is 0 Å². The second-order valence-electron chi connectivity index (χ2n) is 7.53. The van der Waals surface area contributed by atoms with Gasteiger partial charge in [0.05, 0.1) is 19.8 Å². The number of rotatable bonds is 7. The van der Waals surface area contributed by atoms with Gasteiger partial charge >= 0.3 is 6.03 Å². The highest BCUT2D eigenvalue weighted by atomic mass is 16.5. The van der Waals surface area contributed by atoms with Crippen molar-refractivity contribution in [3.8, 4) is 0 Å². The second-order valence-corrected chi connectivity index (χ2v) is 7.53. The van der Waals surface area contributed by atoms with Crippen LogP contribution in [0, 0.1) is 12.8 Å². The number of aryl methyl sites for hydroxylation is 1. The molecule has 0 unspecified atom stereocenters. The first kappa shape index (κ1) is 20.1. The summed E-state index contributed by atoms with van der Waals surface area (Å²) in [6, 6.07) is 8.67. The molecule has 0 saturated carbocycles. The van der Waals surface area contributed by atoms with E-state index in [9.17, 15) is 4.79 Å². The molecule has 2 fully saturated rings. The number of amides is 2. The third-order valence-electron chi connectivity index (χ3n) is 5.61. The maximum Gasteiger partial charge on any atom is 0.317 e. The standard InChI is InChI=1S/C21H33N3O3/c1-3-23(15-18-6-4-5-17(2)13-18)21(25)22-14-20(19-7-10-27-16-19)24-8-11-26-12-9-24/h4-6,13,19-20H,3,7-12,14-16H2,1-2H3,(H,22,25)/t19-,20-/m1/s1. The predicted molar refractivity (Wildman–Crippen MR) is 106 cm³/mol. The number of benzene rings is 1. The molecule has 150 valence electrons. The Morgan fingerprint density at radius 2 is 2.11 bits per heavy atom. The molecule has 2 amide bonds. The molecule has 0 spiro atoms. The van der Waals surface area contributed by atoms with Gasteiger partial charge < -0.3 is 19.7 Å². The third kappa shape index (κ3) is 5.67. The lowest BCUT2D eigenvalue weighted by Gasteiger charge is -2.37. The number of nitrogens with one attached hydrogen (secondary N) is 1. The minimum absolute atomic E-state index is 0.0104. The third-order valence-corrected chi connectivity index (χ3v) is 5.61. The van der Waals surface area contributed by atoms with Gasteiger partial charge in [-0.25, -0.2) is 4.79 Å². The number of morpholine rings is 1. The fourth-order valence-electron chi connectivity index (χ4n) is 4.02. The highest BCUT2D eigenvalue weighted by Crippen LogP contribution is 2.22. The number of urea groups is 1. The Kier molecular flexibility index (Phi) is 7.50. The van der Waals surface area contributed by atoms with Gasteiger partial charge in [0.2, 0.25) is 0 Å². The van der Waals surface area contributed by atoms with Crippen LogP contribution in [0.1, 0.15) is 24.5 Å². The molecule has 6 nitrogen and oxygen atoms in total. The highest BCUT2D eigenvalue weighted by Gasteiger charge is 2.32. The first-order valence-electron chi connectivity index (χ1n) is 10.1. The monoisotopic (exact) mass is 375 g/mol. The van der Waals surface area contributed by atoms with E-state index in [1.807, 2.05) is 17.9 Å². The number of nitrogens with zero attached hydrogens (tertiary/aromatic N) is 2. The van der Waals surface area contributed by atoms with E-state index in [4.69, 9.17) is 9.47 Å². The van der Waals surface area contributed by atoms with Gasteiger partial charge in [0.1, 0.15) is 0 Å². The molecule has 1 N–H and O–H groups in total. The lowest BCUT2D eigenvalue weighted by Crippen LogP contribution is -2.53. The van der Waals surface area contributed by atoms with E-state index in [0.717, 1.165) is 45.9 Å². The van der Waals surface area contributed by atoms with Crippen molar-refractivity contribution >= 4 is 6.03 Å². The lowest BCUT2D eigenvalue weighted by atomic mass is 9.97. The predicted octanol–water partition coefficient (Wildman–Crippen LogP) is 2.26. The van der Waals surface area contributed by atoms with Crippen molar-refractivity contribution in [3.63, 3.8) is 0 Å². The second kappa shape index (κ2) is 10.1. The van der Waals surface area contributed by atoms with Gasteiger partial charge in [-0.2, -0.15) is 0 Å². The van der Waals surface area contributed by atoms with Crippen LogP contribution in [0.15, 0.2) is 24.3 Å². The molecule has 1 aromatic rings. The van der Waals surface area contributed by atoms with Gasteiger partial charge in [-0.05, 0) is 25.8 Å². The topological polar surface area (TPSA) is 54.0 Å². The number of carbonyl (C=O) groups excluding carboxylic acids is 1. The van der Waals surface area contributed by atoms with E-state index in [2.05, 4.69) is 35.3 Å². The van der Waals surface area contributed by atoms with Gasteiger partial charge in [0.25, 0.3) is 0 Å². The Labute approximate surface area is 162 Å². The van der Waals surface area contributed by atoms with Crippen LogP contribution in [0.25, 0.3) is 0 Å². The average molecular weight is 376 g/mol. The molecule has 2 saturated heterocycles. The zero-order valence-corrected chi connectivity index (χ0v) is 16.7. The maximum absolute atomic E-state index is 12.8. The summed E-state index contributed by atoms with van der Waals surface area (Å²) in [5.74, 6) is 0.482. The summed E-state index contributed by atoms with van der Waals surface area (Å²) < 4.78 is 11.1. The summed E-state index contributed by atoms with van der Waals surface area (Å²) in [6.07, 6.45) is 1.07. The molecule has 27 heavy (non-hydrogen) atoms. The van der Waals surface area contributed by atoms with Gasteiger partial charge in [-0.3, -0.25) is 4.90 Å². The van der Waals surface area contributed by atoms with Crippen LogP contribution < -0.4 is 5.32 Å². The quantitative estimate of drug-likeness (QED) is 0.794. The minimum Gasteiger partial charge on any atom is -0.381 e. The lowest BCUT2D eigenvalue weighted by molar-refractivity contribution is 0.00186. The van der Waals surface area contributed by atoms with Crippen LogP contribution in [0.5, 0.6) is 0 Å². The first-order valence-corrected chi connectivity index (χ1v) is 10.1. The van der Waals surface area contributed by atoms with E-state index in [0.29, 0.717) is 31.6 Å². The fourth-order valence-corrected chi connectivity index (χ4v) is 4.02. The largest absolute Gasteiger partial charge is 0.381 e. The molecule has 2 atom stereocenters. The Bertz CT molecular complexity index is 598. The summed E-state index contributed by atoms with van der Waals surface area (Å²) in [4.78, 5) is 17.1. The van der Waals surface area contributed by atoms with E-state index >= 15 is 0 Å². The van der Waals surface area contributed by atoms with E-state index in [-0.39, 0.29) is 6.03 Å². The molecule has 1 aromatic carbocycles. The molecule has 0 radical (unpaired) electrons. The number of hydrogen-bond donors (Lipinski definition) is 1. The van der Waals surface area contributed by atoms with Crippen LogP contribution in [0.4, 0.5) is 4.79 Å². The first-order chi connectivity index (χ1) is 13.2. The van der Waals surface area contributed by atoms with Crippen molar-refractivity contribution in [2.75, 3.05) is 52.6 Å². The minimum atomic E-state index is 0.0104. The normalized spacial score (nSPS) is 21.8. The highest BCUT2D eigenvalue weighted by molar-refractivity contribution is 5.74. The number of carbonyl (C=O) groups is 1. The molecule has 2 aliphatic rings. The Hall–Kier alpha value is -1.63. The van der Waals surface area contributed by atoms with Gasteiger partial charge in [0.15, 0.2) is 0 Å². The van der Waals surface area contributed by atoms with Gasteiger partial charge in [-0.15, -0.1) is 0 Å². The Morgan fingerprint density at radius 1 is 1.30 bits per heavy atom. The summed E-state index contributed by atoms with van der Waals surface area (Å²) in [5.41, 5.74) is 2.39. The van der Waals surface area contributed by atoms with E-state index in [1.165, 1.54) is 11.1 Å². The smallest absolute Gasteiger partial charge is 0.317 e. The van der Waals surface area contributed by atoms with E-state index in [1.54, 1.807) is 0 Å². The summed E-state index contributed by atoms with van der Waals surface area (Å²) in [7, 11) is 0. The SMILES string of the molecule is CCN(Cc1cccc(C)c1)C(=O)NC[C@H]([C@@H]1CCOC1)N1CCOCC1. The van der Waals surface area contributed by atoms with Crippen molar-refractivity contribution in [2.24, 2.45) is 5.92 Å². The molecule has 0 aromatic heterocycles.